The predicted octanol–water partition coefficient (Wildman–Crippen LogP) is 2.00. The van der Waals surface area contributed by atoms with Crippen LogP contribution < -0.4 is 10.6 Å². The Bertz CT molecular complexity index is 559. The van der Waals surface area contributed by atoms with Gasteiger partial charge in [-0.1, -0.05) is 24.9 Å². The van der Waals surface area contributed by atoms with Crippen molar-refractivity contribution in [3.63, 3.8) is 0 Å². The van der Waals surface area contributed by atoms with Gasteiger partial charge in [-0.3, -0.25) is 14.5 Å². The zero-order valence-electron chi connectivity index (χ0n) is 11.6. The van der Waals surface area contributed by atoms with Crippen molar-refractivity contribution in [1.82, 2.24) is 10.2 Å². The molecule has 1 heterocycles. The minimum Gasteiger partial charge on any atom is -0.326 e. The molecule has 1 aromatic carbocycles. The second-order valence-corrected chi connectivity index (χ2v) is 5.21. The number of benzene rings is 1. The first-order valence-corrected chi connectivity index (χ1v) is 7.06. The van der Waals surface area contributed by atoms with E-state index in [1.807, 2.05) is 6.92 Å². The Labute approximate surface area is 127 Å². The predicted molar refractivity (Wildman–Crippen MR) is 79.0 cm³/mol. The van der Waals surface area contributed by atoms with E-state index < -0.39 is 18.0 Å². The van der Waals surface area contributed by atoms with Crippen molar-refractivity contribution in [1.29, 1.82) is 0 Å². The summed E-state index contributed by atoms with van der Waals surface area (Å²) in [5.41, 5.74) is 0.557. The molecule has 1 fully saturated rings. The average molecular weight is 310 g/mol. The van der Waals surface area contributed by atoms with E-state index in [4.69, 9.17) is 11.6 Å². The van der Waals surface area contributed by atoms with E-state index in [-0.39, 0.29) is 12.5 Å². The van der Waals surface area contributed by atoms with E-state index in [1.165, 1.54) is 0 Å². The summed E-state index contributed by atoms with van der Waals surface area (Å²) in [5.74, 6) is -0.786. The number of anilines is 1. The van der Waals surface area contributed by atoms with Crippen molar-refractivity contribution in [2.75, 3.05) is 11.9 Å². The van der Waals surface area contributed by atoms with Crippen LogP contribution in [0.1, 0.15) is 19.8 Å². The Morgan fingerprint density at radius 3 is 2.62 bits per heavy atom. The molecule has 0 spiro atoms. The van der Waals surface area contributed by atoms with Gasteiger partial charge in [0.15, 0.2) is 0 Å². The lowest BCUT2D eigenvalue weighted by Crippen LogP contribution is -2.38. The Hall–Kier alpha value is -2.08. The largest absolute Gasteiger partial charge is 0.326 e. The van der Waals surface area contributed by atoms with Gasteiger partial charge >= 0.3 is 6.03 Å². The standard InChI is InChI=1S/C14H16ClN3O3/c1-2-3-11-13(20)18(14(21)17-11)8-12(19)16-10-6-4-9(15)5-7-10/h4-7,11H,2-3,8H2,1H3,(H,16,19)(H,17,21)/t11-/m1/s1. The SMILES string of the molecule is CCC[C@H]1NC(=O)N(CC(=O)Nc2ccc(Cl)cc2)C1=O. The van der Waals surface area contributed by atoms with Crippen molar-refractivity contribution in [2.45, 2.75) is 25.8 Å². The third-order valence-electron chi connectivity index (χ3n) is 3.11. The number of hydrogen-bond donors (Lipinski definition) is 2. The lowest BCUT2D eigenvalue weighted by molar-refractivity contribution is -0.130. The van der Waals surface area contributed by atoms with Gasteiger partial charge < -0.3 is 10.6 Å². The number of urea groups is 1. The van der Waals surface area contributed by atoms with Gasteiger partial charge in [0, 0.05) is 10.7 Å². The van der Waals surface area contributed by atoms with Crippen LogP contribution in [0, 0.1) is 0 Å². The molecular weight excluding hydrogens is 294 g/mol. The van der Waals surface area contributed by atoms with Gasteiger partial charge in [-0.2, -0.15) is 0 Å². The monoisotopic (exact) mass is 309 g/mol. The maximum atomic E-state index is 12.0. The van der Waals surface area contributed by atoms with Crippen molar-refractivity contribution in [3.8, 4) is 0 Å². The first-order chi connectivity index (χ1) is 10.0. The van der Waals surface area contributed by atoms with Crippen molar-refractivity contribution >= 4 is 35.1 Å². The average Bonchev–Trinajstić information content (AvgIpc) is 2.70. The number of halogens is 1. The highest BCUT2D eigenvalue weighted by molar-refractivity contribution is 6.30. The number of amides is 4. The molecule has 21 heavy (non-hydrogen) atoms. The summed E-state index contributed by atoms with van der Waals surface area (Å²) < 4.78 is 0. The molecule has 4 amide bonds. The summed E-state index contributed by atoms with van der Waals surface area (Å²) in [6.45, 7) is 1.63. The highest BCUT2D eigenvalue weighted by Crippen LogP contribution is 2.14. The van der Waals surface area contributed by atoms with Crippen LogP contribution >= 0.6 is 11.6 Å². The van der Waals surface area contributed by atoms with Gasteiger partial charge in [0.1, 0.15) is 12.6 Å². The van der Waals surface area contributed by atoms with Gasteiger partial charge in [0.2, 0.25) is 5.91 Å². The van der Waals surface area contributed by atoms with Crippen LogP contribution in [0.4, 0.5) is 10.5 Å². The molecule has 1 aliphatic rings. The van der Waals surface area contributed by atoms with Gasteiger partial charge in [0.05, 0.1) is 0 Å². The molecule has 2 N–H and O–H groups in total. The zero-order valence-corrected chi connectivity index (χ0v) is 12.3. The van der Waals surface area contributed by atoms with E-state index in [0.29, 0.717) is 17.1 Å². The lowest BCUT2D eigenvalue weighted by atomic mass is 10.2. The second kappa shape index (κ2) is 6.58. The van der Waals surface area contributed by atoms with Gasteiger partial charge in [-0.15, -0.1) is 0 Å². The summed E-state index contributed by atoms with van der Waals surface area (Å²) >= 11 is 5.75. The van der Waals surface area contributed by atoms with Crippen LogP contribution in [0.5, 0.6) is 0 Å². The summed E-state index contributed by atoms with van der Waals surface area (Å²) in [7, 11) is 0. The first-order valence-electron chi connectivity index (χ1n) is 6.68. The molecule has 1 aliphatic heterocycles. The zero-order chi connectivity index (χ0) is 15.4. The Morgan fingerprint density at radius 2 is 2.00 bits per heavy atom. The third-order valence-corrected chi connectivity index (χ3v) is 3.37. The van der Waals surface area contributed by atoms with Crippen LogP contribution in [0.3, 0.4) is 0 Å². The van der Waals surface area contributed by atoms with Crippen LogP contribution in [-0.4, -0.2) is 35.3 Å². The molecule has 7 heteroatoms. The van der Waals surface area contributed by atoms with Crippen molar-refractivity contribution < 1.29 is 14.4 Å². The Balaban J connectivity index is 1.94. The van der Waals surface area contributed by atoms with Gasteiger partial charge in [-0.05, 0) is 30.7 Å². The Morgan fingerprint density at radius 1 is 1.33 bits per heavy atom. The van der Waals surface area contributed by atoms with E-state index in [2.05, 4.69) is 10.6 Å². The molecule has 6 nitrogen and oxygen atoms in total. The fraction of sp³-hybridized carbons (Fsp3) is 0.357. The molecule has 1 atom stereocenters. The molecular formula is C14H16ClN3O3. The summed E-state index contributed by atoms with van der Waals surface area (Å²) in [4.78, 5) is 36.5. The normalized spacial score (nSPS) is 17.8. The molecule has 0 radical (unpaired) electrons. The summed E-state index contributed by atoms with van der Waals surface area (Å²) in [5, 5.41) is 5.74. The second-order valence-electron chi connectivity index (χ2n) is 4.77. The third kappa shape index (κ3) is 3.72. The molecule has 112 valence electrons. The minimum atomic E-state index is -0.523. The smallest absolute Gasteiger partial charge is 0.325 e. The quantitative estimate of drug-likeness (QED) is 0.817. The van der Waals surface area contributed by atoms with E-state index >= 15 is 0 Å². The lowest BCUT2D eigenvalue weighted by Gasteiger charge is -2.13. The molecule has 0 bridgehead atoms. The van der Waals surface area contributed by atoms with E-state index in [1.54, 1.807) is 24.3 Å². The number of carbonyl (C=O) groups excluding carboxylic acids is 3. The maximum absolute atomic E-state index is 12.0. The fourth-order valence-corrected chi connectivity index (χ4v) is 2.21. The van der Waals surface area contributed by atoms with Crippen LogP contribution in [-0.2, 0) is 9.59 Å². The number of imide groups is 1. The number of hydrogen-bond acceptors (Lipinski definition) is 3. The number of nitrogens with zero attached hydrogens (tertiary/aromatic N) is 1. The topological polar surface area (TPSA) is 78.5 Å². The maximum Gasteiger partial charge on any atom is 0.325 e. The molecule has 1 aromatic rings. The highest BCUT2D eigenvalue weighted by Gasteiger charge is 2.38. The molecule has 0 aromatic heterocycles. The van der Waals surface area contributed by atoms with Crippen LogP contribution in [0.25, 0.3) is 0 Å². The van der Waals surface area contributed by atoms with Crippen molar-refractivity contribution in [2.24, 2.45) is 0 Å². The van der Waals surface area contributed by atoms with E-state index in [9.17, 15) is 14.4 Å². The van der Waals surface area contributed by atoms with Gasteiger partial charge in [-0.25, -0.2) is 4.79 Å². The number of nitrogens with one attached hydrogen (secondary N) is 2. The number of carbonyl (C=O) groups is 3. The Kier molecular flexibility index (Phi) is 4.80. The minimum absolute atomic E-state index is 0.298. The molecule has 0 aliphatic carbocycles. The summed E-state index contributed by atoms with van der Waals surface area (Å²) in [6.07, 6.45) is 1.35. The highest BCUT2D eigenvalue weighted by atomic mass is 35.5. The first kappa shape index (κ1) is 15.3. The molecule has 0 saturated carbocycles. The molecule has 0 unspecified atom stereocenters. The summed E-state index contributed by atoms with van der Waals surface area (Å²) in [6, 6.07) is 5.53. The number of rotatable bonds is 5. The van der Waals surface area contributed by atoms with Gasteiger partial charge in [0.25, 0.3) is 5.91 Å². The van der Waals surface area contributed by atoms with Crippen LogP contribution in [0.15, 0.2) is 24.3 Å². The molecule has 2 rings (SSSR count). The van der Waals surface area contributed by atoms with Crippen molar-refractivity contribution in [3.05, 3.63) is 29.3 Å². The molecule has 1 saturated heterocycles. The fourth-order valence-electron chi connectivity index (χ4n) is 2.09. The van der Waals surface area contributed by atoms with Crippen LogP contribution in [0.2, 0.25) is 5.02 Å². The van der Waals surface area contributed by atoms with E-state index in [0.717, 1.165) is 11.3 Å².